The van der Waals surface area contributed by atoms with Crippen molar-refractivity contribution in [3.8, 4) is 17.2 Å². The number of aliphatic carboxylic acids is 1. The molecule has 0 aliphatic rings. The summed E-state index contributed by atoms with van der Waals surface area (Å²) in [6.07, 6.45) is 5.83. The van der Waals surface area contributed by atoms with Gasteiger partial charge in [-0.1, -0.05) is 63.4 Å². The van der Waals surface area contributed by atoms with Crippen LogP contribution in [0.25, 0.3) is 0 Å². The number of ether oxygens (including phenoxy) is 3. The summed E-state index contributed by atoms with van der Waals surface area (Å²) in [5.41, 5.74) is 0.451. The van der Waals surface area contributed by atoms with E-state index in [4.69, 9.17) is 14.2 Å². The van der Waals surface area contributed by atoms with Crippen molar-refractivity contribution < 1.29 is 33.5 Å². The van der Waals surface area contributed by atoms with E-state index in [1.165, 1.54) is 59.1 Å². The molecule has 0 spiro atoms. The lowest BCUT2D eigenvalue weighted by molar-refractivity contribution is -0.137. The Morgan fingerprint density at radius 1 is 0.971 bits per heavy atom. The Balaban J connectivity index is 0.000000489. The zero-order valence-corrected chi connectivity index (χ0v) is 21.5. The number of carbonyl (C=O) groups is 2. The van der Waals surface area contributed by atoms with E-state index in [2.05, 4.69) is 13.8 Å². The topological polar surface area (TPSA) is 99.1 Å². The second kappa shape index (κ2) is 15.8. The van der Waals surface area contributed by atoms with E-state index in [0.717, 1.165) is 6.16 Å². The highest BCUT2D eigenvalue weighted by Gasteiger charge is 2.33. The Hall–Kier alpha value is -2.92. The molecular weight excluding hydrogens is 455 g/mol. The van der Waals surface area contributed by atoms with Crippen LogP contribution in [0.2, 0.25) is 0 Å². The van der Waals surface area contributed by atoms with Gasteiger partial charge in [0.05, 0.1) is 21.3 Å². The number of benzene rings is 2. The lowest BCUT2D eigenvalue weighted by atomic mass is 9.89. The number of carbonyl (C=O) groups excluding carboxylic acids is 1. The summed E-state index contributed by atoms with van der Waals surface area (Å²) in [4.78, 5) is 24.7. The standard InChI is InChI=1S/C18H18O6.C8H17OP/c1-22-12-9-13(23-2)16(14(10-12)24-3)17(19)15(18(20)21)11-7-5-4-6-8-11;1-3-5-6-8(4-2)7-10-9/h4-10,15H,1-3H3,(H,20,21);8H,3-7H2,1-2H3. The maximum atomic E-state index is 13.0. The number of rotatable bonds is 13. The summed E-state index contributed by atoms with van der Waals surface area (Å²) in [5, 5.41) is 9.56. The predicted molar refractivity (Wildman–Crippen MR) is 133 cm³/mol. The molecule has 8 heteroatoms. The first-order chi connectivity index (χ1) is 16.4. The molecule has 0 fully saturated rings. The molecule has 1 N–H and O–H groups in total. The molecule has 0 aliphatic carbocycles. The zero-order valence-electron chi connectivity index (χ0n) is 20.6. The number of methoxy groups -OCH3 is 3. The monoisotopic (exact) mass is 490 g/mol. The van der Waals surface area contributed by atoms with E-state index in [9.17, 15) is 19.3 Å². The molecule has 186 valence electrons. The van der Waals surface area contributed by atoms with E-state index in [1.54, 1.807) is 30.3 Å². The first-order valence-corrected chi connectivity index (χ1v) is 12.3. The Morgan fingerprint density at radius 3 is 1.97 bits per heavy atom. The van der Waals surface area contributed by atoms with Gasteiger partial charge < -0.3 is 19.3 Å². The molecule has 2 aromatic rings. The van der Waals surface area contributed by atoms with Gasteiger partial charge in [-0.25, -0.2) is 0 Å². The molecule has 2 atom stereocenters. The number of hydrogen-bond acceptors (Lipinski definition) is 6. The third-order valence-corrected chi connectivity index (χ3v) is 6.14. The van der Waals surface area contributed by atoms with Gasteiger partial charge in [0, 0.05) is 18.3 Å². The van der Waals surface area contributed by atoms with E-state index < -0.39 is 17.7 Å². The Bertz CT molecular complexity index is 890. The van der Waals surface area contributed by atoms with Gasteiger partial charge in [0.2, 0.25) is 0 Å². The van der Waals surface area contributed by atoms with Crippen molar-refractivity contribution in [1.82, 2.24) is 0 Å². The lowest BCUT2D eigenvalue weighted by Gasteiger charge is -2.17. The van der Waals surface area contributed by atoms with Crippen LogP contribution >= 0.6 is 8.46 Å². The molecule has 0 heterocycles. The largest absolute Gasteiger partial charge is 0.496 e. The summed E-state index contributed by atoms with van der Waals surface area (Å²) in [5.74, 6) is -1.71. The van der Waals surface area contributed by atoms with Gasteiger partial charge in [0.15, 0.2) is 14.2 Å². The van der Waals surface area contributed by atoms with Crippen molar-refractivity contribution in [1.29, 1.82) is 0 Å². The van der Waals surface area contributed by atoms with Crippen molar-refractivity contribution in [2.75, 3.05) is 27.5 Å². The van der Waals surface area contributed by atoms with Crippen LogP contribution in [0, 0.1) is 5.92 Å². The Labute approximate surface area is 203 Å². The maximum Gasteiger partial charge on any atom is 0.318 e. The Kier molecular flexibility index (Phi) is 13.6. The average molecular weight is 491 g/mol. The van der Waals surface area contributed by atoms with Gasteiger partial charge in [0.25, 0.3) is 0 Å². The molecular formula is C26H35O7P. The van der Waals surface area contributed by atoms with Gasteiger partial charge in [-0.3, -0.25) is 14.2 Å². The maximum absolute atomic E-state index is 13.0. The van der Waals surface area contributed by atoms with Crippen molar-refractivity contribution in [2.45, 2.75) is 45.4 Å². The van der Waals surface area contributed by atoms with Crippen molar-refractivity contribution in [3.63, 3.8) is 0 Å². The molecule has 0 aromatic heterocycles. The van der Waals surface area contributed by atoms with E-state index in [0.29, 0.717) is 25.7 Å². The van der Waals surface area contributed by atoms with Crippen molar-refractivity contribution >= 4 is 20.2 Å². The molecule has 34 heavy (non-hydrogen) atoms. The first kappa shape index (κ1) is 29.1. The molecule has 0 aliphatic heterocycles. The summed E-state index contributed by atoms with van der Waals surface area (Å²) in [6, 6.07) is 11.3. The number of ketones is 1. The number of hydrogen-bond donors (Lipinski definition) is 1. The van der Waals surface area contributed by atoms with Crippen LogP contribution in [0.4, 0.5) is 0 Å². The van der Waals surface area contributed by atoms with E-state index in [-0.39, 0.29) is 17.1 Å². The fourth-order valence-corrected chi connectivity index (χ4v) is 4.12. The van der Waals surface area contributed by atoms with Gasteiger partial charge in [-0.05, 0) is 17.9 Å². The van der Waals surface area contributed by atoms with Crippen molar-refractivity contribution in [2.24, 2.45) is 5.92 Å². The minimum atomic E-state index is -1.36. The summed E-state index contributed by atoms with van der Waals surface area (Å²) in [7, 11) is 4.58. The third-order valence-electron chi connectivity index (χ3n) is 5.48. The lowest BCUT2D eigenvalue weighted by Crippen LogP contribution is -2.23. The molecule has 2 rings (SSSR count). The molecule has 7 nitrogen and oxygen atoms in total. The van der Waals surface area contributed by atoms with Crippen LogP contribution in [0.1, 0.15) is 61.4 Å². The quantitative estimate of drug-likeness (QED) is 0.201. The second-order valence-electron chi connectivity index (χ2n) is 7.68. The first-order valence-electron chi connectivity index (χ1n) is 11.3. The van der Waals surface area contributed by atoms with Crippen LogP contribution in [0.5, 0.6) is 17.2 Å². The molecule has 2 aromatic carbocycles. The third kappa shape index (κ3) is 8.45. The minimum absolute atomic E-state index is 0.0667. The fraction of sp³-hybridized carbons (Fsp3) is 0.462. The second-order valence-corrected chi connectivity index (χ2v) is 8.30. The van der Waals surface area contributed by atoms with Gasteiger partial charge in [-0.15, -0.1) is 0 Å². The molecule has 0 amide bonds. The highest BCUT2D eigenvalue weighted by Crippen LogP contribution is 2.37. The van der Waals surface area contributed by atoms with Gasteiger partial charge >= 0.3 is 5.97 Å². The smallest absolute Gasteiger partial charge is 0.318 e. The van der Waals surface area contributed by atoms with Crippen LogP contribution in [-0.4, -0.2) is 44.4 Å². The van der Waals surface area contributed by atoms with Gasteiger partial charge in [0.1, 0.15) is 28.7 Å². The number of carboxylic acid groups (broad SMARTS) is 1. The highest BCUT2D eigenvalue weighted by molar-refractivity contribution is 7.23. The predicted octanol–water partition coefficient (Wildman–Crippen LogP) is 6.26. The molecule has 2 unspecified atom stereocenters. The Morgan fingerprint density at radius 2 is 1.56 bits per heavy atom. The van der Waals surface area contributed by atoms with Crippen LogP contribution in [0.15, 0.2) is 42.5 Å². The average Bonchev–Trinajstić information content (AvgIpc) is 2.86. The minimum Gasteiger partial charge on any atom is -0.496 e. The fourth-order valence-electron chi connectivity index (χ4n) is 3.47. The highest BCUT2D eigenvalue weighted by atomic mass is 31.1. The normalized spacial score (nSPS) is 12.1. The number of unbranched alkanes of at least 4 members (excludes halogenated alkanes) is 1. The number of Topliss-reactive ketones (excluding diaryl/α,β-unsaturated/α-hetero) is 1. The summed E-state index contributed by atoms with van der Waals surface area (Å²) >= 11 is 0. The number of carboxylic acids is 1. The van der Waals surface area contributed by atoms with Crippen LogP contribution < -0.4 is 14.2 Å². The van der Waals surface area contributed by atoms with Gasteiger partial charge in [-0.2, -0.15) is 0 Å². The van der Waals surface area contributed by atoms with Crippen LogP contribution in [0.3, 0.4) is 0 Å². The molecule has 0 radical (unpaired) electrons. The zero-order chi connectivity index (χ0) is 25.5. The van der Waals surface area contributed by atoms with Crippen molar-refractivity contribution in [3.05, 3.63) is 53.6 Å². The van der Waals surface area contributed by atoms with Crippen LogP contribution in [-0.2, 0) is 9.36 Å². The molecule has 0 bridgehead atoms. The summed E-state index contributed by atoms with van der Waals surface area (Å²) in [6.45, 7) is 4.37. The van der Waals surface area contributed by atoms with E-state index >= 15 is 0 Å². The van der Waals surface area contributed by atoms with E-state index in [1.807, 2.05) is 0 Å². The molecule has 0 saturated carbocycles. The summed E-state index contributed by atoms with van der Waals surface area (Å²) < 4.78 is 25.9. The molecule has 0 saturated heterocycles. The SMILES string of the molecule is CCCCC(CC)CP=O.COc1cc(OC)c(C(=O)C(C(=O)O)c2ccccc2)c(OC)c1.